The SMILES string of the molecule is CC(C)Cc1ccc(C(Br)c2ccoc2Br)cc1. The molecule has 1 aromatic carbocycles. The summed E-state index contributed by atoms with van der Waals surface area (Å²) in [5.74, 6) is 0.693. The molecule has 1 nitrogen and oxygen atoms in total. The molecule has 96 valence electrons. The highest BCUT2D eigenvalue weighted by Gasteiger charge is 2.15. The van der Waals surface area contributed by atoms with E-state index in [1.54, 1.807) is 6.26 Å². The molecule has 0 saturated carbocycles. The molecule has 0 radical (unpaired) electrons. The van der Waals surface area contributed by atoms with Crippen molar-refractivity contribution >= 4 is 31.9 Å². The number of benzene rings is 1. The molecule has 1 unspecified atom stereocenters. The summed E-state index contributed by atoms with van der Waals surface area (Å²) in [6.07, 6.45) is 2.82. The van der Waals surface area contributed by atoms with Crippen LogP contribution >= 0.6 is 31.9 Å². The molecule has 2 rings (SSSR count). The van der Waals surface area contributed by atoms with Gasteiger partial charge in [0.1, 0.15) is 0 Å². The van der Waals surface area contributed by atoms with E-state index in [1.165, 1.54) is 11.1 Å². The fraction of sp³-hybridized carbons (Fsp3) is 0.333. The van der Waals surface area contributed by atoms with Crippen LogP contribution in [0.1, 0.15) is 35.4 Å². The van der Waals surface area contributed by atoms with Crippen LogP contribution in [0, 0.1) is 5.92 Å². The Kier molecular flexibility index (Phi) is 4.68. The molecule has 18 heavy (non-hydrogen) atoms. The van der Waals surface area contributed by atoms with Gasteiger partial charge >= 0.3 is 0 Å². The number of hydrogen-bond donors (Lipinski definition) is 0. The Morgan fingerprint density at radius 3 is 2.28 bits per heavy atom. The topological polar surface area (TPSA) is 13.1 Å². The minimum Gasteiger partial charge on any atom is -0.457 e. The Morgan fingerprint density at radius 2 is 1.78 bits per heavy atom. The minimum atomic E-state index is 0.165. The van der Waals surface area contributed by atoms with Crippen molar-refractivity contribution in [2.75, 3.05) is 0 Å². The minimum absolute atomic E-state index is 0.165. The van der Waals surface area contributed by atoms with Gasteiger partial charge in [-0.05, 0) is 45.5 Å². The fourth-order valence-electron chi connectivity index (χ4n) is 1.96. The normalized spacial score (nSPS) is 12.9. The number of alkyl halides is 1. The van der Waals surface area contributed by atoms with E-state index < -0.39 is 0 Å². The van der Waals surface area contributed by atoms with Crippen LogP contribution < -0.4 is 0 Å². The first-order valence-corrected chi connectivity index (χ1v) is 7.74. The third kappa shape index (κ3) is 3.27. The summed E-state index contributed by atoms with van der Waals surface area (Å²) in [5, 5.41) is 0. The van der Waals surface area contributed by atoms with E-state index in [2.05, 4.69) is 70.0 Å². The molecule has 0 N–H and O–H groups in total. The fourth-order valence-corrected chi connectivity index (χ4v) is 3.40. The second-order valence-corrected chi connectivity index (χ2v) is 6.49. The van der Waals surface area contributed by atoms with Crippen molar-refractivity contribution in [3.05, 3.63) is 58.0 Å². The highest BCUT2D eigenvalue weighted by Crippen LogP contribution is 2.36. The lowest BCUT2D eigenvalue weighted by Gasteiger charge is -2.10. The number of rotatable bonds is 4. The predicted molar refractivity (Wildman–Crippen MR) is 82.2 cm³/mol. The smallest absolute Gasteiger partial charge is 0.173 e. The maximum absolute atomic E-state index is 5.27. The molecule has 0 bridgehead atoms. The summed E-state index contributed by atoms with van der Waals surface area (Å²) in [6.45, 7) is 4.48. The van der Waals surface area contributed by atoms with Crippen molar-refractivity contribution in [3.8, 4) is 0 Å². The lowest BCUT2D eigenvalue weighted by molar-refractivity contribution is 0.537. The van der Waals surface area contributed by atoms with Crippen LogP contribution in [0.5, 0.6) is 0 Å². The standard InChI is InChI=1S/C15H16Br2O/c1-10(2)9-11-3-5-12(6-4-11)14(16)13-7-8-18-15(13)17/h3-8,10,14H,9H2,1-2H3. The quantitative estimate of drug-likeness (QED) is 0.626. The van der Waals surface area contributed by atoms with Gasteiger partial charge in [-0.2, -0.15) is 0 Å². The third-order valence-corrected chi connectivity index (χ3v) is 4.50. The number of furan rings is 1. The molecule has 0 spiro atoms. The van der Waals surface area contributed by atoms with E-state index in [0.717, 1.165) is 16.7 Å². The van der Waals surface area contributed by atoms with Crippen LogP contribution in [0.2, 0.25) is 0 Å². The third-order valence-electron chi connectivity index (χ3n) is 2.84. The molecule has 0 aliphatic heterocycles. The zero-order valence-electron chi connectivity index (χ0n) is 10.5. The van der Waals surface area contributed by atoms with Gasteiger partial charge in [0.2, 0.25) is 0 Å². The van der Waals surface area contributed by atoms with E-state index in [-0.39, 0.29) is 4.83 Å². The summed E-state index contributed by atoms with van der Waals surface area (Å²) in [6, 6.07) is 10.7. The van der Waals surface area contributed by atoms with Crippen molar-refractivity contribution in [3.63, 3.8) is 0 Å². The molecule has 0 amide bonds. The Balaban J connectivity index is 2.17. The summed E-state index contributed by atoms with van der Waals surface area (Å²) < 4.78 is 6.06. The van der Waals surface area contributed by atoms with Gasteiger partial charge < -0.3 is 4.42 Å². The van der Waals surface area contributed by atoms with Gasteiger partial charge in [0, 0.05) is 5.56 Å². The first-order valence-electron chi connectivity index (χ1n) is 6.03. The molecule has 1 aromatic heterocycles. The van der Waals surface area contributed by atoms with E-state index >= 15 is 0 Å². The molecule has 1 heterocycles. The van der Waals surface area contributed by atoms with Crippen molar-refractivity contribution < 1.29 is 4.42 Å². The van der Waals surface area contributed by atoms with Gasteiger partial charge in [-0.3, -0.25) is 0 Å². The monoisotopic (exact) mass is 370 g/mol. The van der Waals surface area contributed by atoms with Gasteiger partial charge in [-0.1, -0.05) is 54.0 Å². The molecule has 2 aromatic rings. The van der Waals surface area contributed by atoms with Gasteiger partial charge in [-0.25, -0.2) is 0 Å². The van der Waals surface area contributed by atoms with Crippen molar-refractivity contribution in [1.82, 2.24) is 0 Å². The first kappa shape index (κ1) is 13.9. The maximum Gasteiger partial charge on any atom is 0.173 e. The van der Waals surface area contributed by atoms with Crippen LogP contribution in [0.25, 0.3) is 0 Å². The Labute approximate surface area is 125 Å². The lowest BCUT2D eigenvalue weighted by Crippen LogP contribution is -1.96. The van der Waals surface area contributed by atoms with E-state index in [0.29, 0.717) is 5.92 Å². The predicted octanol–water partition coefficient (Wildman–Crippen LogP) is 5.72. The van der Waals surface area contributed by atoms with Gasteiger partial charge in [0.05, 0.1) is 11.1 Å². The lowest BCUT2D eigenvalue weighted by atomic mass is 10.00. The summed E-state index contributed by atoms with van der Waals surface area (Å²) in [5.41, 5.74) is 3.75. The van der Waals surface area contributed by atoms with E-state index in [9.17, 15) is 0 Å². The van der Waals surface area contributed by atoms with Crippen molar-refractivity contribution in [1.29, 1.82) is 0 Å². The second-order valence-electron chi connectivity index (χ2n) is 4.85. The van der Waals surface area contributed by atoms with Gasteiger partial charge in [-0.15, -0.1) is 0 Å². The van der Waals surface area contributed by atoms with Crippen LogP contribution in [0.4, 0.5) is 0 Å². The Hall–Kier alpha value is -0.540. The van der Waals surface area contributed by atoms with Gasteiger partial charge in [0.25, 0.3) is 0 Å². The molecule has 0 aliphatic rings. The van der Waals surface area contributed by atoms with Crippen molar-refractivity contribution in [2.24, 2.45) is 5.92 Å². The summed E-state index contributed by atoms with van der Waals surface area (Å²) in [7, 11) is 0. The molecule has 0 saturated heterocycles. The average Bonchev–Trinajstić information content (AvgIpc) is 2.75. The van der Waals surface area contributed by atoms with Crippen LogP contribution in [0.3, 0.4) is 0 Å². The number of hydrogen-bond acceptors (Lipinski definition) is 1. The highest BCUT2D eigenvalue weighted by atomic mass is 79.9. The van der Waals surface area contributed by atoms with Crippen LogP contribution in [-0.4, -0.2) is 0 Å². The molecule has 1 atom stereocenters. The number of halogens is 2. The van der Waals surface area contributed by atoms with Gasteiger partial charge in [0.15, 0.2) is 4.67 Å². The largest absolute Gasteiger partial charge is 0.457 e. The highest BCUT2D eigenvalue weighted by molar-refractivity contribution is 9.10. The maximum atomic E-state index is 5.27. The molecule has 0 fully saturated rings. The summed E-state index contributed by atoms with van der Waals surface area (Å²) in [4.78, 5) is 0.165. The second kappa shape index (κ2) is 6.07. The summed E-state index contributed by atoms with van der Waals surface area (Å²) >= 11 is 7.12. The molecular formula is C15H16Br2O. The Morgan fingerprint density at radius 1 is 1.11 bits per heavy atom. The first-order chi connectivity index (χ1) is 8.58. The van der Waals surface area contributed by atoms with Crippen LogP contribution in [0.15, 0.2) is 45.7 Å². The van der Waals surface area contributed by atoms with Crippen molar-refractivity contribution in [2.45, 2.75) is 25.1 Å². The van der Waals surface area contributed by atoms with E-state index in [4.69, 9.17) is 4.42 Å². The molecule has 0 aliphatic carbocycles. The zero-order chi connectivity index (χ0) is 13.1. The average molecular weight is 372 g/mol. The van der Waals surface area contributed by atoms with Crippen LogP contribution in [-0.2, 0) is 6.42 Å². The molecular weight excluding hydrogens is 356 g/mol. The zero-order valence-corrected chi connectivity index (χ0v) is 13.7. The molecule has 3 heteroatoms. The Bertz CT molecular complexity index is 499. The van der Waals surface area contributed by atoms with E-state index in [1.807, 2.05) is 6.07 Å².